The van der Waals surface area contributed by atoms with Crippen LogP contribution in [0.4, 0.5) is 5.00 Å². The lowest BCUT2D eigenvalue weighted by Crippen LogP contribution is -2.28. The van der Waals surface area contributed by atoms with Crippen LogP contribution in [0.1, 0.15) is 18.4 Å². The summed E-state index contributed by atoms with van der Waals surface area (Å²) in [6.07, 6.45) is 0.640. The fourth-order valence-electron chi connectivity index (χ4n) is 1.48. The largest absolute Gasteiger partial charge is 0.326 e. The lowest BCUT2D eigenvalue weighted by molar-refractivity contribution is -0.121. The van der Waals surface area contributed by atoms with E-state index in [2.05, 4.69) is 0 Å². The average Bonchev–Trinajstić information content (AvgIpc) is 2.73. The van der Waals surface area contributed by atoms with Crippen LogP contribution in [-0.4, -0.2) is 11.8 Å². The van der Waals surface area contributed by atoms with Crippen molar-refractivity contribution in [1.82, 2.24) is 0 Å². The molecule has 2 heterocycles. The number of nitrogens with zero attached hydrogens (tertiary/aromatic N) is 1. The lowest BCUT2D eigenvalue weighted by Gasteiger charge is -2.12. The number of amides is 2. The van der Waals surface area contributed by atoms with Crippen molar-refractivity contribution in [1.29, 1.82) is 0 Å². The zero-order chi connectivity index (χ0) is 10.1. The van der Waals surface area contributed by atoms with Crippen molar-refractivity contribution < 1.29 is 9.59 Å². The number of carbonyl (C=O) groups is 2. The second kappa shape index (κ2) is 3.51. The fourth-order valence-corrected chi connectivity index (χ4v) is 2.46. The van der Waals surface area contributed by atoms with E-state index in [4.69, 9.17) is 5.73 Å². The second-order valence-corrected chi connectivity index (χ2v) is 3.97. The molecule has 1 aromatic heterocycles. The van der Waals surface area contributed by atoms with E-state index in [0.717, 1.165) is 5.56 Å². The van der Waals surface area contributed by atoms with Crippen molar-refractivity contribution in [3.05, 3.63) is 17.0 Å². The first kappa shape index (κ1) is 9.36. The molecule has 0 radical (unpaired) electrons. The van der Waals surface area contributed by atoms with Crippen LogP contribution in [0, 0.1) is 0 Å². The zero-order valence-electron chi connectivity index (χ0n) is 7.53. The first-order valence-corrected chi connectivity index (χ1v) is 5.24. The van der Waals surface area contributed by atoms with Gasteiger partial charge in [-0.2, -0.15) is 0 Å². The number of nitrogens with two attached hydrogens (primary N) is 1. The van der Waals surface area contributed by atoms with E-state index < -0.39 is 0 Å². The molecule has 0 spiro atoms. The summed E-state index contributed by atoms with van der Waals surface area (Å²) in [5.74, 6) is -0.237. The van der Waals surface area contributed by atoms with Crippen LogP contribution in [0.15, 0.2) is 11.4 Å². The number of carbonyl (C=O) groups excluding carboxylic acids is 2. The molecule has 1 aliphatic rings. The molecule has 0 saturated carbocycles. The molecule has 2 amide bonds. The van der Waals surface area contributed by atoms with Crippen molar-refractivity contribution in [3.63, 3.8) is 0 Å². The van der Waals surface area contributed by atoms with Crippen molar-refractivity contribution >= 4 is 28.2 Å². The Kier molecular flexibility index (Phi) is 2.35. The molecule has 1 aromatic rings. The third kappa shape index (κ3) is 1.34. The van der Waals surface area contributed by atoms with Crippen LogP contribution >= 0.6 is 11.3 Å². The van der Waals surface area contributed by atoms with E-state index in [-0.39, 0.29) is 11.8 Å². The van der Waals surface area contributed by atoms with Gasteiger partial charge < -0.3 is 5.73 Å². The molecule has 4 nitrogen and oxygen atoms in total. The van der Waals surface area contributed by atoms with Crippen LogP contribution in [0.2, 0.25) is 0 Å². The third-order valence-corrected chi connectivity index (χ3v) is 3.14. The molecule has 1 fully saturated rings. The van der Waals surface area contributed by atoms with Gasteiger partial charge in [-0.05, 0) is 11.4 Å². The van der Waals surface area contributed by atoms with E-state index in [1.807, 2.05) is 11.4 Å². The molecule has 0 bridgehead atoms. The van der Waals surface area contributed by atoms with Gasteiger partial charge in [0.25, 0.3) is 0 Å². The summed E-state index contributed by atoms with van der Waals surface area (Å²) in [5.41, 5.74) is 6.37. The molecule has 0 aliphatic carbocycles. The monoisotopic (exact) mass is 210 g/mol. The van der Waals surface area contributed by atoms with E-state index in [0.29, 0.717) is 24.4 Å². The Hall–Kier alpha value is -1.20. The van der Waals surface area contributed by atoms with E-state index in [9.17, 15) is 9.59 Å². The summed E-state index contributed by atoms with van der Waals surface area (Å²) in [6, 6.07) is 1.85. The Morgan fingerprint density at radius 1 is 1.36 bits per heavy atom. The SMILES string of the molecule is NCc1ccsc1N1C(=O)CCC1=O. The zero-order valence-corrected chi connectivity index (χ0v) is 8.34. The third-order valence-electron chi connectivity index (χ3n) is 2.20. The maximum Gasteiger partial charge on any atom is 0.234 e. The van der Waals surface area contributed by atoms with E-state index in [1.54, 1.807) is 0 Å². The second-order valence-electron chi connectivity index (χ2n) is 3.08. The predicted molar refractivity (Wildman–Crippen MR) is 53.9 cm³/mol. The topological polar surface area (TPSA) is 63.4 Å². The molecular weight excluding hydrogens is 200 g/mol. The minimum Gasteiger partial charge on any atom is -0.326 e. The van der Waals surface area contributed by atoms with E-state index >= 15 is 0 Å². The van der Waals surface area contributed by atoms with Crippen LogP contribution in [-0.2, 0) is 16.1 Å². The highest BCUT2D eigenvalue weighted by Gasteiger charge is 2.32. The Morgan fingerprint density at radius 3 is 2.57 bits per heavy atom. The van der Waals surface area contributed by atoms with E-state index in [1.165, 1.54) is 16.2 Å². The summed E-state index contributed by atoms with van der Waals surface area (Å²) in [7, 11) is 0. The van der Waals surface area contributed by atoms with Gasteiger partial charge in [-0.25, -0.2) is 4.90 Å². The van der Waals surface area contributed by atoms with Gasteiger partial charge in [-0.1, -0.05) is 0 Å². The van der Waals surface area contributed by atoms with Gasteiger partial charge in [0.1, 0.15) is 5.00 Å². The first-order valence-electron chi connectivity index (χ1n) is 4.36. The standard InChI is InChI=1S/C9H10N2O2S/c10-5-6-3-4-14-9(6)11-7(12)1-2-8(11)13/h3-4H,1-2,5,10H2. The fraction of sp³-hybridized carbons (Fsp3) is 0.333. The highest BCUT2D eigenvalue weighted by atomic mass is 32.1. The minimum absolute atomic E-state index is 0.118. The number of hydrogen-bond donors (Lipinski definition) is 1. The molecule has 1 saturated heterocycles. The Bertz CT molecular complexity index is 370. The number of anilines is 1. The predicted octanol–water partition coefficient (Wildman–Crippen LogP) is 0.860. The van der Waals surface area contributed by atoms with Crippen molar-refractivity contribution in [3.8, 4) is 0 Å². The van der Waals surface area contributed by atoms with Crippen LogP contribution in [0.25, 0.3) is 0 Å². The van der Waals surface area contributed by atoms with Gasteiger partial charge in [0.05, 0.1) is 0 Å². The lowest BCUT2D eigenvalue weighted by atomic mass is 10.3. The van der Waals surface area contributed by atoms with Crippen molar-refractivity contribution in [2.75, 3.05) is 4.90 Å². The molecule has 0 aromatic carbocycles. The Balaban J connectivity index is 2.38. The minimum atomic E-state index is -0.118. The summed E-state index contributed by atoms with van der Waals surface area (Å²) >= 11 is 1.38. The number of thiophene rings is 1. The van der Waals surface area contributed by atoms with Crippen molar-refractivity contribution in [2.45, 2.75) is 19.4 Å². The van der Waals surface area contributed by atoms with Crippen LogP contribution < -0.4 is 10.6 Å². The maximum absolute atomic E-state index is 11.4. The number of imide groups is 1. The highest BCUT2D eigenvalue weighted by Crippen LogP contribution is 2.31. The summed E-state index contributed by atoms with van der Waals surface area (Å²) in [6.45, 7) is 0.357. The Morgan fingerprint density at radius 2 is 2.00 bits per heavy atom. The normalized spacial score (nSPS) is 16.8. The summed E-state index contributed by atoms with van der Waals surface area (Å²) in [5, 5.41) is 2.54. The maximum atomic E-state index is 11.4. The number of rotatable bonds is 2. The average molecular weight is 210 g/mol. The molecule has 5 heteroatoms. The van der Waals surface area contributed by atoms with Crippen molar-refractivity contribution in [2.24, 2.45) is 5.73 Å². The van der Waals surface area contributed by atoms with Gasteiger partial charge in [0.15, 0.2) is 0 Å². The van der Waals surface area contributed by atoms with Gasteiger partial charge in [0.2, 0.25) is 11.8 Å². The van der Waals surface area contributed by atoms with Gasteiger partial charge in [-0.3, -0.25) is 9.59 Å². The molecule has 0 atom stereocenters. The quantitative estimate of drug-likeness (QED) is 0.736. The molecular formula is C9H10N2O2S. The van der Waals surface area contributed by atoms with Gasteiger partial charge in [0, 0.05) is 24.9 Å². The van der Waals surface area contributed by atoms with Gasteiger partial charge >= 0.3 is 0 Å². The highest BCUT2D eigenvalue weighted by molar-refractivity contribution is 7.14. The molecule has 2 N–H and O–H groups in total. The molecule has 74 valence electrons. The number of hydrogen-bond acceptors (Lipinski definition) is 4. The summed E-state index contributed by atoms with van der Waals surface area (Å²) in [4.78, 5) is 24.1. The molecule has 2 rings (SSSR count). The smallest absolute Gasteiger partial charge is 0.234 e. The van der Waals surface area contributed by atoms with Gasteiger partial charge in [-0.15, -0.1) is 11.3 Å². The summed E-state index contributed by atoms with van der Waals surface area (Å²) < 4.78 is 0. The Labute approximate surface area is 85.3 Å². The van der Waals surface area contributed by atoms with Crippen LogP contribution in [0.3, 0.4) is 0 Å². The first-order chi connectivity index (χ1) is 6.74. The molecule has 1 aliphatic heterocycles. The molecule has 0 unspecified atom stereocenters. The molecule has 14 heavy (non-hydrogen) atoms. The van der Waals surface area contributed by atoms with Crippen LogP contribution in [0.5, 0.6) is 0 Å².